The van der Waals surface area contributed by atoms with E-state index in [1.54, 1.807) is 22.5 Å². The lowest BCUT2D eigenvalue weighted by atomic mass is 9.92. The van der Waals surface area contributed by atoms with Crippen molar-refractivity contribution in [3.8, 4) is 0 Å². The van der Waals surface area contributed by atoms with Gasteiger partial charge in [-0.3, -0.25) is 9.69 Å². The molecule has 0 atom stereocenters. The van der Waals surface area contributed by atoms with Crippen LogP contribution in [-0.2, 0) is 14.8 Å². The monoisotopic (exact) mass is 463 g/mol. The SMILES string of the molecule is Cc1ccc(S(=O)(=O)N2CCCCC2)cc1C(=O)N1CCC(CCN2CCOCC2)CC1. The number of morpholine rings is 1. The number of carbonyl (C=O) groups is 1. The summed E-state index contributed by atoms with van der Waals surface area (Å²) in [7, 11) is -3.54. The van der Waals surface area contributed by atoms with E-state index in [1.807, 2.05) is 11.8 Å². The van der Waals surface area contributed by atoms with Crippen LogP contribution in [0, 0.1) is 12.8 Å². The van der Waals surface area contributed by atoms with Gasteiger partial charge in [-0.05, 0) is 69.2 Å². The van der Waals surface area contributed by atoms with E-state index in [0.29, 0.717) is 24.6 Å². The molecular formula is C24H37N3O4S. The van der Waals surface area contributed by atoms with Crippen molar-refractivity contribution in [1.29, 1.82) is 0 Å². The Balaban J connectivity index is 1.36. The van der Waals surface area contributed by atoms with Crippen molar-refractivity contribution in [2.24, 2.45) is 5.92 Å². The molecule has 0 aliphatic carbocycles. The Bertz CT molecular complexity index is 885. The quantitative estimate of drug-likeness (QED) is 0.649. The molecule has 0 bridgehead atoms. The molecule has 0 saturated carbocycles. The van der Waals surface area contributed by atoms with Gasteiger partial charge >= 0.3 is 0 Å². The van der Waals surface area contributed by atoms with Crippen LogP contribution in [-0.4, -0.2) is 87.5 Å². The maximum atomic E-state index is 13.3. The first kappa shape index (κ1) is 23.7. The lowest BCUT2D eigenvalue weighted by molar-refractivity contribution is 0.0332. The molecule has 0 radical (unpaired) electrons. The summed E-state index contributed by atoms with van der Waals surface area (Å²) in [5, 5.41) is 0. The molecule has 0 N–H and O–H groups in total. The molecule has 0 unspecified atom stereocenters. The van der Waals surface area contributed by atoms with Crippen LogP contribution in [0.2, 0.25) is 0 Å². The first-order chi connectivity index (χ1) is 15.4. The van der Waals surface area contributed by atoms with Crippen LogP contribution in [0.3, 0.4) is 0 Å². The highest BCUT2D eigenvalue weighted by Crippen LogP contribution is 2.26. The van der Waals surface area contributed by atoms with Gasteiger partial charge in [0.05, 0.1) is 18.1 Å². The molecule has 7 nitrogen and oxygen atoms in total. The molecule has 3 aliphatic heterocycles. The van der Waals surface area contributed by atoms with E-state index in [9.17, 15) is 13.2 Å². The fraction of sp³-hybridized carbons (Fsp3) is 0.708. The van der Waals surface area contributed by atoms with E-state index >= 15 is 0 Å². The van der Waals surface area contributed by atoms with Gasteiger partial charge in [-0.2, -0.15) is 4.31 Å². The highest BCUT2D eigenvalue weighted by molar-refractivity contribution is 7.89. The third-order valence-corrected chi connectivity index (χ3v) is 9.15. The lowest BCUT2D eigenvalue weighted by Gasteiger charge is -2.34. The largest absolute Gasteiger partial charge is 0.379 e. The van der Waals surface area contributed by atoms with Crippen molar-refractivity contribution >= 4 is 15.9 Å². The van der Waals surface area contributed by atoms with Crippen LogP contribution < -0.4 is 0 Å². The van der Waals surface area contributed by atoms with Crippen LogP contribution in [0.4, 0.5) is 0 Å². The highest BCUT2D eigenvalue weighted by Gasteiger charge is 2.29. The topological polar surface area (TPSA) is 70.2 Å². The number of hydrogen-bond donors (Lipinski definition) is 0. The van der Waals surface area contributed by atoms with Crippen molar-refractivity contribution in [2.45, 2.75) is 50.3 Å². The summed E-state index contributed by atoms with van der Waals surface area (Å²) in [6.07, 6.45) is 6.08. The molecule has 1 aromatic carbocycles. The molecule has 4 rings (SSSR count). The smallest absolute Gasteiger partial charge is 0.254 e. The van der Waals surface area contributed by atoms with Crippen molar-refractivity contribution in [3.05, 3.63) is 29.3 Å². The second-order valence-electron chi connectivity index (χ2n) is 9.42. The van der Waals surface area contributed by atoms with Gasteiger partial charge in [-0.25, -0.2) is 8.42 Å². The third kappa shape index (κ3) is 5.53. The molecule has 3 saturated heterocycles. The Morgan fingerprint density at radius 3 is 2.38 bits per heavy atom. The zero-order chi connectivity index (χ0) is 22.6. The number of benzene rings is 1. The Kier molecular flexibility index (Phi) is 7.87. The zero-order valence-corrected chi connectivity index (χ0v) is 20.1. The molecule has 0 aromatic heterocycles. The van der Waals surface area contributed by atoms with Gasteiger partial charge in [0.25, 0.3) is 5.91 Å². The van der Waals surface area contributed by atoms with Crippen molar-refractivity contribution < 1.29 is 17.9 Å². The molecule has 32 heavy (non-hydrogen) atoms. The van der Waals surface area contributed by atoms with E-state index in [0.717, 1.165) is 83.6 Å². The Labute approximate surface area is 192 Å². The summed E-state index contributed by atoms with van der Waals surface area (Å²) in [5.41, 5.74) is 1.36. The molecule has 1 aromatic rings. The molecule has 3 heterocycles. The van der Waals surface area contributed by atoms with E-state index in [4.69, 9.17) is 4.74 Å². The number of rotatable bonds is 6. The number of aryl methyl sites for hydroxylation is 1. The molecule has 3 fully saturated rings. The predicted octanol–water partition coefficient (Wildman–Crippen LogP) is 2.74. The molecule has 178 valence electrons. The van der Waals surface area contributed by atoms with Gasteiger partial charge in [-0.15, -0.1) is 0 Å². The molecule has 0 spiro atoms. The number of hydrogen-bond acceptors (Lipinski definition) is 5. The summed E-state index contributed by atoms with van der Waals surface area (Å²) in [6.45, 7) is 9.33. The number of likely N-dealkylation sites (tertiary alicyclic amines) is 1. The summed E-state index contributed by atoms with van der Waals surface area (Å²) in [5.74, 6) is 0.610. The average molecular weight is 464 g/mol. The van der Waals surface area contributed by atoms with Gasteiger partial charge < -0.3 is 9.64 Å². The fourth-order valence-electron chi connectivity index (χ4n) is 5.03. The average Bonchev–Trinajstić information content (AvgIpc) is 2.84. The molecule has 1 amide bonds. The number of sulfonamides is 1. The zero-order valence-electron chi connectivity index (χ0n) is 19.3. The van der Waals surface area contributed by atoms with E-state index < -0.39 is 10.0 Å². The van der Waals surface area contributed by atoms with Crippen LogP contribution in [0.1, 0.15) is 54.4 Å². The van der Waals surface area contributed by atoms with Crippen LogP contribution in [0.25, 0.3) is 0 Å². The second kappa shape index (κ2) is 10.6. The van der Waals surface area contributed by atoms with Crippen LogP contribution in [0.5, 0.6) is 0 Å². The Hall–Kier alpha value is -1.48. The Morgan fingerprint density at radius 2 is 1.69 bits per heavy atom. The summed E-state index contributed by atoms with van der Waals surface area (Å²) in [6, 6.07) is 5.03. The van der Waals surface area contributed by atoms with Crippen molar-refractivity contribution in [3.63, 3.8) is 0 Å². The predicted molar refractivity (Wildman–Crippen MR) is 124 cm³/mol. The van der Waals surface area contributed by atoms with Crippen molar-refractivity contribution in [2.75, 3.05) is 59.0 Å². The van der Waals surface area contributed by atoms with E-state index in [-0.39, 0.29) is 10.8 Å². The van der Waals surface area contributed by atoms with Crippen LogP contribution >= 0.6 is 0 Å². The summed E-state index contributed by atoms with van der Waals surface area (Å²) < 4.78 is 33.2. The van der Waals surface area contributed by atoms with Gasteiger partial charge in [0.15, 0.2) is 0 Å². The van der Waals surface area contributed by atoms with Gasteiger partial charge in [0.2, 0.25) is 10.0 Å². The third-order valence-electron chi connectivity index (χ3n) is 7.25. The maximum absolute atomic E-state index is 13.3. The maximum Gasteiger partial charge on any atom is 0.254 e. The van der Waals surface area contributed by atoms with Crippen molar-refractivity contribution in [1.82, 2.24) is 14.1 Å². The number of ether oxygens (including phenoxy) is 1. The first-order valence-electron chi connectivity index (χ1n) is 12.2. The second-order valence-corrected chi connectivity index (χ2v) is 11.4. The van der Waals surface area contributed by atoms with Gasteiger partial charge in [0.1, 0.15) is 0 Å². The summed E-state index contributed by atoms with van der Waals surface area (Å²) >= 11 is 0. The standard InChI is InChI=1S/C24H37N3O4S/c1-20-5-6-22(32(29,30)27-10-3-2-4-11-27)19-23(20)24(28)26-13-8-21(9-14-26)7-12-25-15-17-31-18-16-25/h5-6,19,21H,2-4,7-18H2,1H3. The normalized spacial score (nSPS) is 22.2. The number of amides is 1. The Morgan fingerprint density at radius 1 is 1.00 bits per heavy atom. The number of piperidine rings is 2. The number of carbonyl (C=O) groups excluding carboxylic acids is 1. The van der Waals surface area contributed by atoms with Gasteiger partial charge in [-0.1, -0.05) is 12.5 Å². The van der Waals surface area contributed by atoms with Gasteiger partial charge in [0, 0.05) is 44.8 Å². The van der Waals surface area contributed by atoms with Crippen LogP contribution in [0.15, 0.2) is 23.1 Å². The molecular weight excluding hydrogens is 426 g/mol. The number of nitrogens with zero attached hydrogens (tertiary/aromatic N) is 3. The minimum atomic E-state index is -3.54. The highest BCUT2D eigenvalue weighted by atomic mass is 32.2. The molecule has 8 heteroatoms. The first-order valence-corrected chi connectivity index (χ1v) is 13.6. The molecule has 3 aliphatic rings. The van der Waals surface area contributed by atoms with E-state index in [1.165, 1.54) is 6.42 Å². The lowest BCUT2D eigenvalue weighted by Crippen LogP contribution is -2.41. The summed E-state index contributed by atoms with van der Waals surface area (Å²) in [4.78, 5) is 17.9. The fourth-order valence-corrected chi connectivity index (χ4v) is 6.58. The van der Waals surface area contributed by atoms with E-state index in [2.05, 4.69) is 4.90 Å². The minimum absolute atomic E-state index is 0.0372. The minimum Gasteiger partial charge on any atom is -0.379 e.